The molecule has 1 nitrogen and oxygen atoms in total. The Morgan fingerprint density at radius 1 is 1.20 bits per heavy atom. The molecule has 2 atom stereocenters. The van der Waals surface area contributed by atoms with E-state index >= 15 is 0 Å². The highest BCUT2D eigenvalue weighted by Crippen LogP contribution is 2.42. The molecule has 0 spiro atoms. The lowest BCUT2D eigenvalue weighted by atomic mass is 9.81. The zero-order valence-electron chi connectivity index (χ0n) is 12.6. The van der Waals surface area contributed by atoms with Crippen molar-refractivity contribution in [3.05, 3.63) is 29.8 Å². The molecular formula is C18H27NS. The molecular weight excluding hydrogens is 262 g/mol. The second-order valence-corrected chi connectivity index (χ2v) is 7.63. The van der Waals surface area contributed by atoms with E-state index in [1.807, 2.05) is 0 Å². The van der Waals surface area contributed by atoms with Crippen LogP contribution in [-0.2, 0) is 6.42 Å². The molecule has 1 fully saturated rings. The van der Waals surface area contributed by atoms with Gasteiger partial charge in [0.2, 0.25) is 0 Å². The van der Waals surface area contributed by atoms with Crippen LogP contribution in [0.25, 0.3) is 0 Å². The third kappa shape index (κ3) is 3.23. The fourth-order valence-corrected chi connectivity index (χ4v) is 5.33. The quantitative estimate of drug-likeness (QED) is 0.846. The van der Waals surface area contributed by atoms with Crippen LogP contribution < -0.4 is 5.32 Å². The van der Waals surface area contributed by atoms with Crippen LogP contribution in [0.15, 0.2) is 29.2 Å². The van der Waals surface area contributed by atoms with Crippen LogP contribution in [0.4, 0.5) is 0 Å². The van der Waals surface area contributed by atoms with Crippen molar-refractivity contribution in [2.75, 3.05) is 6.54 Å². The predicted molar refractivity (Wildman–Crippen MR) is 88.4 cm³/mol. The van der Waals surface area contributed by atoms with Gasteiger partial charge in [-0.3, -0.25) is 0 Å². The first kappa shape index (κ1) is 14.5. The maximum Gasteiger partial charge on any atom is 0.0291 e. The molecule has 3 rings (SSSR count). The van der Waals surface area contributed by atoms with Crippen molar-refractivity contribution >= 4 is 11.8 Å². The van der Waals surface area contributed by atoms with Crippen LogP contribution in [0.1, 0.15) is 51.0 Å². The summed E-state index contributed by atoms with van der Waals surface area (Å²) in [6, 6.07) is 9.71. The van der Waals surface area contributed by atoms with E-state index < -0.39 is 0 Å². The lowest BCUT2D eigenvalue weighted by Gasteiger charge is -2.34. The highest BCUT2D eigenvalue weighted by atomic mass is 32.2. The molecule has 1 aromatic carbocycles. The normalized spacial score (nSPS) is 24.6. The number of nitrogens with one attached hydrogen (secondary N) is 1. The van der Waals surface area contributed by atoms with Crippen molar-refractivity contribution < 1.29 is 0 Å². The average molecular weight is 289 g/mol. The fraction of sp³-hybridized carbons (Fsp3) is 0.667. The first-order valence-corrected chi connectivity index (χ1v) is 9.24. The highest BCUT2D eigenvalue weighted by molar-refractivity contribution is 8.00. The second kappa shape index (κ2) is 7.00. The monoisotopic (exact) mass is 289 g/mol. The lowest BCUT2D eigenvalue weighted by molar-refractivity contribution is 0.264. The third-order valence-electron chi connectivity index (χ3n) is 4.86. The lowest BCUT2D eigenvalue weighted by Crippen LogP contribution is -2.45. The Morgan fingerprint density at radius 2 is 2.00 bits per heavy atom. The molecule has 20 heavy (non-hydrogen) atoms. The minimum Gasteiger partial charge on any atom is -0.313 e. The SMILES string of the molecule is CCCNC(C1CCCCC1)C1Cc2ccccc2S1. The molecule has 2 unspecified atom stereocenters. The molecule has 0 saturated heterocycles. The summed E-state index contributed by atoms with van der Waals surface area (Å²) in [7, 11) is 0. The van der Waals surface area contributed by atoms with Gasteiger partial charge in [0.1, 0.15) is 0 Å². The van der Waals surface area contributed by atoms with Gasteiger partial charge in [0.25, 0.3) is 0 Å². The minimum absolute atomic E-state index is 0.715. The fourth-order valence-electron chi connectivity index (χ4n) is 3.82. The van der Waals surface area contributed by atoms with Gasteiger partial charge < -0.3 is 5.32 Å². The average Bonchev–Trinajstić information content (AvgIpc) is 2.92. The van der Waals surface area contributed by atoms with E-state index in [9.17, 15) is 0 Å². The van der Waals surface area contributed by atoms with Crippen LogP contribution in [0.3, 0.4) is 0 Å². The number of hydrogen-bond acceptors (Lipinski definition) is 2. The number of fused-ring (bicyclic) bond motifs is 1. The molecule has 1 saturated carbocycles. The molecule has 2 aliphatic rings. The number of benzene rings is 1. The summed E-state index contributed by atoms with van der Waals surface area (Å²) in [6.45, 7) is 3.45. The van der Waals surface area contributed by atoms with Crippen LogP contribution in [-0.4, -0.2) is 17.8 Å². The first-order chi connectivity index (χ1) is 9.88. The van der Waals surface area contributed by atoms with Crippen molar-refractivity contribution in [1.82, 2.24) is 5.32 Å². The van der Waals surface area contributed by atoms with E-state index in [4.69, 9.17) is 0 Å². The number of rotatable bonds is 5. The van der Waals surface area contributed by atoms with E-state index in [1.165, 1.54) is 56.4 Å². The molecule has 0 bridgehead atoms. The Kier molecular flexibility index (Phi) is 5.06. The number of thioether (sulfide) groups is 1. The topological polar surface area (TPSA) is 12.0 Å². The van der Waals surface area contributed by atoms with Crippen LogP contribution >= 0.6 is 11.8 Å². The van der Waals surface area contributed by atoms with Gasteiger partial charge in [-0.05, 0) is 49.8 Å². The minimum atomic E-state index is 0.715. The van der Waals surface area contributed by atoms with E-state index in [1.54, 1.807) is 5.56 Å². The summed E-state index contributed by atoms with van der Waals surface area (Å²) in [4.78, 5) is 1.52. The van der Waals surface area contributed by atoms with Crippen LogP contribution in [0.2, 0.25) is 0 Å². The van der Waals surface area contributed by atoms with Gasteiger partial charge in [-0.1, -0.05) is 44.4 Å². The van der Waals surface area contributed by atoms with Crippen LogP contribution in [0, 0.1) is 5.92 Å². The summed E-state index contributed by atoms with van der Waals surface area (Å²) >= 11 is 2.13. The molecule has 110 valence electrons. The molecule has 1 aromatic rings. The van der Waals surface area contributed by atoms with Gasteiger partial charge in [0.05, 0.1) is 0 Å². The van der Waals surface area contributed by atoms with Gasteiger partial charge in [0.15, 0.2) is 0 Å². The first-order valence-electron chi connectivity index (χ1n) is 8.36. The largest absolute Gasteiger partial charge is 0.313 e. The van der Waals surface area contributed by atoms with E-state index in [0.29, 0.717) is 6.04 Å². The molecule has 0 aromatic heterocycles. The molecule has 1 aliphatic heterocycles. The summed E-state index contributed by atoms with van der Waals surface area (Å²) in [6.07, 6.45) is 9.73. The summed E-state index contributed by atoms with van der Waals surface area (Å²) in [5.74, 6) is 0.905. The summed E-state index contributed by atoms with van der Waals surface area (Å²) in [5, 5.41) is 4.65. The van der Waals surface area contributed by atoms with Crippen molar-refractivity contribution in [3.63, 3.8) is 0 Å². The van der Waals surface area contributed by atoms with E-state index in [2.05, 4.69) is 48.3 Å². The Hall–Kier alpha value is -0.470. The second-order valence-electron chi connectivity index (χ2n) is 6.35. The molecule has 2 heteroatoms. The maximum atomic E-state index is 3.90. The molecule has 1 N–H and O–H groups in total. The molecule has 0 radical (unpaired) electrons. The molecule has 1 heterocycles. The Labute approximate surface area is 127 Å². The van der Waals surface area contributed by atoms with Crippen LogP contribution in [0.5, 0.6) is 0 Å². The highest BCUT2D eigenvalue weighted by Gasteiger charge is 2.34. The summed E-state index contributed by atoms with van der Waals surface area (Å²) < 4.78 is 0. The Balaban J connectivity index is 1.70. The molecule has 0 amide bonds. The van der Waals surface area contributed by atoms with Crippen molar-refractivity contribution in [3.8, 4) is 0 Å². The zero-order chi connectivity index (χ0) is 13.8. The Bertz CT molecular complexity index is 400. The number of hydrogen-bond donors (Lipinski definition) is 1. The van der Waals surface area contributed by atoms with Crippen molar-refractivity contribution in [2.24, 2.45) is 5.92 Å². The molecule has 1 aliphatic carbocycles. The zero-order valence-corrected chi connectivity index (χ0v) is 13.4. The van der Waals surface area contributed by atoms with Gasteiger partial charge in [-0.25, -0.2) is 0 Å². The van der Waals surface area contributed by atoms with Gasteiger partial charge in [-0.2, -0.15) is 0 Å². The van der Waals surface area contributed by atoms with Gasteiger partial charge in [-0.15, -0.1) is 11.8 Å². The van der Waals surface area contributed by atoms with Gasteiger partial charge in [0, 0.05) is 16.2 Å². The maximum absolute atomic E-state index is 3.90. The van der Waals surface area contributed by atoms with E-state index in [-0.39, 0.29) is 0 Å². The van der Waals surface area contributed by atoms with E-state index in [0.717, 1.165) is 11.2 Å². The third-order valence-corrected chi connectivity index (χ3v) is 6.28. The predicted octanol–water partition coefficient (Wildman–Crippen LogP) is 4.65. The van der Waals surface area contributed by atoms with Crippen molar-refractivity contribution in [2.45, 2.75) is 68.1 Å². The summed E-state index contributed by atoms with van der Waals surface area (Å²) in [5.41, 5.74) is 1.57. The standard InChI is InChI=1S/C18H27NS/c1-2-12-19-18(14-8-4-3-5-9-14)17-13-15-10-6-7-11-16(15)20-17/h6-7,10-11,14,17-19H,2-5,8-9,12-13H2,1H3. The van der Waals surface area contributed by atoms with Crippen molar-refractivity contribution in [1.29, 1.82) is 0 Å². The smallest absolute Gasteiger partial charge is 0.0291 e. The van der Waals surface area contributed by atoms with Gasteiger partial charge >= 0.3 is 0 Å². The Morgan fingerprint density at radius 3 is 2.75 bits per heavy atom.